The minimum atomic E-state index is -5.27. The van der Waals surface area contributed by atoms with Crippen LogP contribution in [0.1, 0.15) is 18.1 Å². The van der Waals surface area contributed by atoms with Gasteiger partial charge in [0.15, 0.2) is 16.6 Å². The Kier molecular flexibility index (Phi) is 13.9. The molecule has 0 fully saturated rings. The lowest BCUT2D eigenvalue weighted by molar-refractivity contribution is -0.384. The van der Waals surface area contributed by atoms with Crippen LogP contribution in [0.25, 0.3) is 22.0 Å². The van der Waals surface area contributed by atoms with Gasteiger partial charge >= 0.3 is 0 Å². The fourth-order valence-corrected chi connectivity index (χ4v) is 9.62. The predicted molar refractivity (Wildman–Crippen MR) is 253 cm³/mol. The minimum Gasteiger partial charge on any atom is -0.339 e. The van der Waals surface area contributed by atoms with Crippen LogP contribution in [0.5, 0.6) is 0 Å². The number of nitro benzene ring substituents is 1. The van der Waals surface area contributed by atoms with Gasteiger partial charge in [-0.2, -0.15) is 38.9 Å². The molecular weight excluding hydrogens is 1030 g/mol. The van der Waals surface area contributed by atoms with E-state index in [0.717, 1.165) is 47.7 Å². The normalized spacial score (nSPS) is 12.3. The number of nitrogens with zero attached hydrogens (tertiary/aromatic N) is 8. The van der Waals surface area contributed by atoms with Crippen LogP contribution in [0.15, 0.2) is 137 Å². The molecule has 364 valence electrons. The first-order valence-electron chi connectivity index (χ1n) is 19.3. The summed E-state index contributed by atoms with van der Waals surface area (Å²) < 4.78 is 136. The first kappa shape index (κ1) is 50.8. The summed E-state index contributed by atoms with van der Waals surface area (Å²) in [6, 6.07) is 20.4. The van der Waals surface area contributed by atoms with Crippen LogP contribution in [-0.2, 0) is 45.3 Å². The highest BCUT2D eigenvalue weighted by atomic mass is 32.2. The fourth-order valence-electron chi connectivity index (χ4n) is 6.49. The Morgan fingerprint density at radius 1 is 0.676 bits per heavy atom. The number of azo groups is 2. The van der Waals surface area contributed by atoms with Crippen molar-refractivity contribution in [1.82, 2.24) is 9.97 Å². The summed E-state index contributed by atoms with van der Waals surface area (Å²) in [4.78, 5) is 28.4. The third kappa shape index (κ3) is 11.7. The molecule has 1 amide bonds. The number of amides is 1. The molecule has 2 aromatic heterocycles. The monoisotopic (exact) mass is 1060 g/mol. The van der Waals surface area contributed by atoms with Crippen molar-refractivity contribution in [3.63, 3.8) is 0 Å². The second-order valence-electron chi connectivity index (χ2n) is 14.5. The van der Waals surface area contributed by atoms with E-state index >= 15 is 0 Å². The molecule has 0 saturated carbocycles. The summed E-state index contributed by atoms with van der Waals surface area (Å²) in [5.41, 5.74) is -0.212. The van der Waals surface area contributed by atoms with Crippen LogP contribution < -0.4 is 16.0 Å². The molecule has 0 spiro atoms. The standard InChI is InChI=1S/C40H29N11O15S5/c1-20-32(19-41)37(43-24-7-11-28(12-8-24)68(55,56)57)46-38(44-25-9-13-29(14-10-25)69(58,59)60)35(20)48-50-40-45-36(22-3-5-23(6-4-22)42-21(2)52)39(67-40)49-47-26-15-30-31(33(16-26)70(61,62)63)17-27(51(53)54)18-34(30)71(64,65)66/h3-18H,1-2H3,(H,42,52)(H2,43,44,46)(H,55,56,57)(H,58,59,60)(H,61,62,63)(H,64,65,66)/b49-47+,50-48?. The number of aromatic nitrogens is 2. The first-order chi connectivity index (χ1) is 33.2. The lowest BCUT2D eigenvalue weighted by atomic mass is 10.1. The Morgan fingerprint density at radius 3 is 1.70 bits per heavy atom. The molecule has 5 aromatic carbocycles. The number of benzene rings is 5. The SMILES string of the molecule is CC(=O)Nc1ccc(-c2nc(N=Nc3c(Nc4ccc(S(=O)(=O)O)cc4)nc(Nc4ccc(S(=O)(=O)O)cc4)c(C#N)c3C)sc2/N=N/c2cc(S(=O)(=O)O)c3cc([N+](=O)[O-])cc(S(=O)(=O)O)c3c2)cc1. The average Bonchev–Trinajstić information content (AvgIpc) is 3.69. The van der Waals surface area contributed by atoms with E-state index in [9.17, 15) is 72.1 Å². The van der Waals surface area contributed by atoms with Crippen molar-refractivity contribution >= 4 is 124 Å². The van der Waals surface area contributed by atoms with E-state index in [4.69, 9.17) is 0 Å². The second-order valence-corrected chi connectivity index (χ2v) is 21.1. The summed E-state index contributed by atoms with van der Waals surface area (Å²) in [5, 5.41) is 45.9. The van der Waals surface area contributed by atoms with Gasteiger partial charge in [-0.1, -0.05) is 23.5 Å². The number of nitriles is 1. The van der Waals surface area contributed by atoms with E-state index in [1.54, 1.807) is 0 Å². The zero-order valence-corrected chi connectivity index (χ0v) is 39.7. The summed E-state index contributed by atoms with van der Waals surface area (Å²) >= 11 is 0.731. The van der Waals surface area contributed by atoms with Crippen molar-refractivity contribution in [2.45, 2.75) is 33.4 Å². The van der Waals surface area contributed by atoms with Gasteiger partial charge in [0.1, 0.15) is 27.2 Å². The number of pyridine rings is 1. The highest BCUT2D eigenvalue weighted by molar-refractivity contribution is 7.86. The molecule has 31 heteroatoms. The van der Waals surface area contributed by atoms with Gasteiger partial charge < -0.3 is 16.0 Å². The number of carbonyl (C=O) groups is 1. The van der Waals surface area contributed by atoms with Crippen LogP contribution in [0.4, 0.5) is 55.9 Å². The van der Waals surface area contributed by atoms with Crippen LogP contribution in [0.2, 0.25) is 0 Å². The lowest BCUT2D eigenvalue weighted by Gasteiger charge is -2.16. The molecule has 7 aromatic rings. The largest absolute Gasteiger partial charge is 0.339 e. The van der Waals surface area contributed by atoms with Crippen molar-refractivity contribution in [3.8, 4) is 17.3 Å². The first-order valence-corrected chi connectivity index (χ1v) is 25.8. The van der Waals surface area contributed by atoms with Crippen molar-refractivity contribution < 1.29 is 61.6 Å². The van der Waals surface area contributed by atoms with Crippen LogP contribution in [0.3, 0.4) is 0 Å². The molecule has 26 nitrogen and oxygen atoms in total. The van der Waals surface area contributed by atoms with Crippen molar-refractivity contribution in [2.24, 2.45) is 20.5 Å². The molecule has 0 unspecified atom stereocenters. The number of carbonyl (C=O) groups excluding carboxylic acids is 1. The van der Waals surface area contributed by atoms with E-state index in [1.165, 1.54) is 62.4 Å². The zero-order valence-electron chi connectivity index (χ0n) is 35.6. The summed E-state index contributed by atoms with van der Waals surface area (Å²) in [6.45, 7) is 2.77. The third-order valence-electron chi connectivity index (χ3n) is 9.66. The maximum Gasteiger partial charge on any atom is 0.295 e. The van der Waals surface area contributed by atoms with Crippen molar-refractivity contribution in [1.29, 1.82) is 5.26 Å². The Bertz CT molecular complexity index is 3920. The fraction of sp³-hybridized carbons (Fsp3) is 0.0500. The number of nitro groups is 1. The van der Waals surface area contributed by atoms with Gasteiger partial charge in [-0.3, -0.25) is 33.1 Å². The molecule has 7 rings (SSSR count). The Balaban J connectivity index is 1.37. The van der Waals surface area contributed by atoms with Crippen molar-refractivity contribution in [2.75, 3.05) is 16.0 Å². The maximum atomic E-state index is 12.6. The Morgan fingerprint density at radius 2 is 1.20 bits per heavy atom. The van der Waals surface area contributed by atoms with Gasteiger partial charge in [-0.15, -0.1) is 20.5 Å². The average molecular weight is 1060 g/mol. The second kappa shape index (κ2) is 19.4. The molecule has 0 saturated heterocycles. The summed E-state index contributed by atoms with van der Waals surface area (Å²) in [6.07, 6.45) is 0. The number of nitrogens with one attached hydrogen (secondary N) is 3. The topological polar surface area (TPSA) is 413 Å². The molecule has 71 heavy (non-hydrogen) atoms. The van der Waals surface area contributed by atoms with Gasteiger partial charge in [0, 0.05) is 58.0 Å². The van der Waals surface area contributed by atoms with Crippen LogP contribution in [0, 0.1) is 28.4 Å². The third-order valence-corrected chi connectivity index (χ3v) is 14.0. The molecule has 0 bridgehead atoms. The zero-order chi connectivity index (χ0) is 51.8. The van der Waals surface area contributed by atoms with Gasteiger partial charge in [0.2, 0.25) is 11.0 Å². The molecule has 7 N–H and O–H groups in total. The summed E-state index contributed by atoms with van der Waals surface area (Å²) in [7, 11) is -19.7. The Hall–Kier alpha value is -8.06. The van der Waals surface area contributed by atoms with Crippen molar-refractivity contribution in [3.05, 3.63) is 118 Å². The van der Waals surface area contributed by atoms with E-state index in [2.05, 4.69) is 46.4 Å². The quantitative estimate of drug-likeness (QED) is 0.0218. The molecule has 0 aliphatic heterocycles. The molecule has 0 atom stereocenters. The summed E-state index contributed by atoms with van der Waals surface area (Å²) in [5.74, 6) is -0.565. The lowest BCUT2D eigenvalue weighted by Crippen LogP contribution is -2.05. The minimum absolute atomic E-state index is 0.0523. The number of fused-ring (bicyclic) bond motifs is 1. The van der Waals surface area contributed by atoms with E-state index in [1.807, 2.05) is 6.07 Å². The van der Waals surface area contributed by atoms with Crippen LogP contribution in [-0.4, -0.2) is 72.7 Å². The molecule has 0 radical (unpaired) electrons. The number of thiazole rings is 1. The number of anilines is 5. The van der Waals surface area contributed by atoms with Gasteiger partial charge in [-0.25, -0.2) is 9.97 Å². The number of hydrogen-bond donors (Lipinski definition) is 7. The smallest absolute Gasteiger partial charge is 0.295 e. The van der Waals surface area contributed by atoms with E-state index in [-0.39, 0.29) is 61.6 Å². The number of rotatable bonds is 15. The molecule has 0 aliphatic rings. The molecular formula is C40H29N11O15S5. The number of non-ortho nitro benzene ring substituents is 1. The molecule has 0 aliphatic carbocycles. The van der Waals surface area contributed by atoms with Crippen LogP contribution >= 0.6 is 11.3 Å². The Labute approximate surface area is 404 Å². The highest BCUT2D eigenvalue weighted by Crippen LogP contribution is 2.44. The molecule has 2 heterocycles. The highest BCUT2D eigenvalue weighted by Gasteiger charge is 2.26. The van der Waals surface area contributed by atoms with E-state index in [0.29, 0.717) is 23.4 Å². The maximum absolute atomic E-state index is 12.6. The van der Waals surface area contributed by atoms with E-state index < -0.39 is 87.1 Å². The van der Waals surface area contributed by atoms with Gasteiger partial charge in [0.25, 0.3) is 46.2 Å². The van der Waals surface area contributed by atoms with Gasteiger partial charge in [-0.05, 0) is 79.7 Å². The predicted octanol–water partition coefficient (Wildman–Crippen LogP) is 8.71. The van der Waals surface area contributed by atoms with Gasteiger partial charge in [0.05, 0.1) is 26.0 Å². The number of hydrogen-bond acceptors (Lipinski definition) is 21.